The molecule has 3 aromatic rings. The first-order valence-electron chi connectivity index (χ1n) is 9.58. The molecule has 0 aromatic heterocycles. The number of benzene rings is 3. The van der Waals surface area contributed by atoms with Gasteiger partial charge in [0.15, 0.2) is 6.10 Å². The van der Waals surface area contributed by atoms with Crippen molar-refractivity contribution in [2.75, 3.05) is 17.1 Å². The number of sulfonamides is 1. The van der Waals surface area contributed by atoms with Crippen molar-refractivity contribution >= 4 is 27.3 Å². The number of aryl methyl sites for hydroxylation is 1. The van der Waals surface area contributed by atoms with Gasteiger partial charge in [-0.1, -0.05) is 24.3 Å². The molecule has 0 aliphatic carbocycles. The largest absolute Gasteiger partial charge is 0.497 e. The number of anilines is 2. The summed E-state index contributed by atoms with van der Waals surface area (Å²) in [5, 5.41) is 2.73. The van der Waals surface area contributed by atoms with Gasteiger partial charge in [-0.15, -0.1) is 0 Å². The first-order chi connectivity index (χ1) is 14.8. The molecule has 3 aromatic carbocycles. The summed E-state index contributed by atoms with van der Waals surface area (Å²) >= 11 is 0. The average molecular weight is 441 g/mol. The van der Waals surface area contributed by atoms with E-state index in [1.807, 2.05) is 25.1 Å². The van der Waals surface area contributed by atoms with Crippen molar-refractivity contribution in [3.8, 4) is 11.5 Å². The van der Waals surface area contributed by atoms with Crippen molar-refractivity contribution in [2.24, 2.45) is 0 Å². The lowest BCUT2D eigenvalue weighted by molar-refractivity contribution is -0.122. The highest BCUT2D eigenvalue weighted by molar-refractivity contribution is 7.92. The first-order valence-corrected chi connectivity index (χ1v) is 11.1. The molecule has 3 rings (SSSR count). The highest BCUT2D eigenvalue weighted by atomic mass is 32.2. The molecule has 0 bridgehead atoms. The zero-order valence-electron chi connectivity index (χ0n) is 17.5. The number of hydrogen-bond acceptors (Lipinski definition) is 5. The van der Waals surface area contributed by atoms with Crippen LogP contribution in [0.1, 0.15) is 12.5 Å². The lowest BCUT2D eigenvalue weighted by Crippen LogP contribution is -2.30. The molecule has 8 heteroatoms. The van der Waals surface area contributed by atoms with Crippen LogP contribution in [-0.2, 0) is 14.8 Å². The number of hydrogen-bond donors (Lipinski definition) is 2. The minimum absolute atomic E-state index is 0.0672. The summed E-state index contributed by atoms with van der Waals surface area (Å²) in [5.74, 6) is 0.837. The molecule has 0 fully saturated rings. The third kappa shape index (κ3) is 5.76. The lowest BCUT2D eigenvalue weighted by atomic mass is 10.2. The highest BCUT2D eigenvalue weighted by Crippen LogP contribution is 2.22. The van der Waals surface area contributed by atoms with E-state index in [9.17, 15) is 13.2 Å². The maximum absolute atomic E-state index is 12.6. The minimum Gasteiger partial charge on any atom is -0.497 e. The van der Waals surface area contributed by atoms with Crippen LogP contribution in [0.15, 0.2) is 77.7 Å². The van der Waals surface area contributed by atoms with Crippen LogP contribution in [0.3, 0.4) is 0 Å². The zero-order chi connectivity index (χ0) is 22.4. The van der Waals surface area contributed by atoms with Gasteiger partial charge in [0.25, 0.3) is 15.9 Å². The van der Waals surface area contributed by atoms with Crippen molar-refractivity contribution in [3.05, 3.63) is 78.4 Å². The molecule has 0 heterocycles. The Morgan fingerprint density at radius 1 is 0.935 bits per heavy atom. The standard InChI is InChI=1S/C23H24N2O5S/c1-16-7-4-5-10-22(16)30-17(2)23(26)24-18-11-13-21(14-12-18)31(27,28)25-19-8-6-9-20(15-19)29-3/h4-15,17,25H,1-3H3,(H,24,26). The molecular formula is C23H24N2O5S. The van der Waals surface area contributed by atoms with Crippen LogP contribution in [0.25, 0.3) is 0 Å². The smallest absolute Gasteiger partial charge is 0.265 e. The molecule has 2 N–H and O–H groups in total. The molecule has 0 spiro atoms. The van der Waals surface area contributed by atoms with E-state index in [0.717, 1.165) is 5.56 Å². The Morgan fingerprint density at radius 3 is 2.32 bits per heavy atom. The lowest BCUT2D eigenvalue weighted by Gasteiger charge is -2.16. The van der Waals surface area contributed by atoms with E-state index < -0.39 is 16.1 Å². The Morgan fingerprint density at radius 2 is 1.65 bits per heavy atom. The number of methoxy groups -OCH3 is 1. The zero-order valence-corrected chi connectivity index (χ0v) is 18.3. The van der Waals surface area contributed by atoms with Crippen LogP contribution in [0, 0.1) is 6.92 Å². The van der Waals surface area contributed by atoms with Gasteiger partial charge in [0.2, 0.25) is 0 Å². The number of amides is 1. The third-order valence-corrected chi connectivity index (χ3v) is 5.92. The predicted octanol–water partition coefficient (Wildman–Crippen LogP) is 4.21. The summed E-state index contributed by atoms with van der Waals surface area (Å²) in [7, 11) is -2.28. The van der Waals surface area contributed by atoms with Gasteiger partial charge in [-0.3, -0.25) is 9.52 Å². The molecule has 0 saturated carbocycles. The minimum atomic E-state index is -3.79. The van der Waals surface area contributed by atoms with Crippen molar-refractivity contribution in [1.29, 1.82) is 0 Å². The molecule has 0 saturated heterocycles. The van der Waals surface area contributed by atoms with Gasteiger partial charge < -0.3 is 14.8 Å². The molecule has 7 nitrogen and oxygen atoms in total. The van der Waals surface area contributed by atoms with Crippen molar-refractivity contribution < 1.29 is 22.7 Å². The highest BCUT2D eigenvalue weighted by Gasteiger charge is 2.18. The Balaban J connectivity index is 1.65. The first kappa shape index (κ1) is 22.2. The van der Waals surface area contributed by atoms with E-state index in [4.69, 9.17) is 9.47 Å². The number of carbonyl (C=O) groups excluding carboxylic acids is 1. The molecule has 1 unspecified atom stereocenters. The van der Waals surface area contributed by atoms with Gasteiger partial charge in [0.1, 0.15) is 11.5 Å². The molecule has 162 valence electrons. The van der Waals surface area contributed by atoms with Gasteiger partial charge >= 0.3 is 0 Å². The van der Waals surface area contributed by atoms with E-state index in [2.05, 4.69) is 10.0 Å². The fourth-order valence-electron chi connectivity index (χ4n) is 2.79. The normalized spacial score (nSPS) is 12.0. The van der Waals surface area contributed by atoms with Crippen LogP contribution in [0.2, 0.25) is 0 Å². The quantitative estimate of drug-likeness (QED) is 0.547. The summed E-state index contributed by atoms with van der Waals surface area (Å²) in [4.78, 5) is 12.5. The number of ether oxygens (including phenoxy) is 2. The summed E-state index contributed by atoms with van der Waals surface area (Å²) in [5.41, 5.74) is 1.78. The average Bonchev–Trinajstić information content (AvgIpc) is 2.75. The molecule has 0 radical (unpaired) electrons. The SMILES string of the molecule is COc1cccc(NS(=O)(=O)c2ccc(NC(=O)C(C)Oc3ccccc3C)cc2)c1. The van der Waals surface area contributed by atoms with Crippen LogP contribution < -0.4 is 19.5 Å². The Hall–Kier alpha value is -3.52. The number of para-hydroxylation sites is 1. The predicted molar refractivity (Wildman–Crippen MR) is 120 cm³/mol. The summed E-state index contributed by atoms with van der Waals surface area (Å²) < 4.78 is 38.6. The fraction of sp³-hybridized carbons (Fsp3) is 0.174. The Bertz CT molecular complexity index is 1160. The molecule has 1 amide bonds. The van der Waals surface area contributed by atoms with Crippen LogP contribution >= 0.6 is 0 Å². The van der Waals surface area contributed by atoms with E-state index in [1.54, 1.807) is 37.3 Å². The van der Waals surface area contributed by atoms with Crippen LogP contribution in [0.5, 0.6) is 11.5 Å². The number of rotatable bonds is 8. The van der Waals surface area contributed by atoms with Crippen molar-refractivity contribution in [3.63, 3.8) is 0 Å². The van der Waals surface area contributed by atoms with E-state index in [0.29, 0.717) is 22.9 Å². The van der Waals surface area contributed by atoms with Gasteiger partial charge in [0, 0.05) is 11.8 Å². The summed E-state index contributed by atoms with van der Waals surface area (Å²) in [6.07, 6.45) is -0.723. The van der Waals surface area contributed by atoms with E-state index in [-0.39, 0.29) is 10.8 Å². The van der Waals surface area contributed by atoms with Gasteiger partial charge in [-0.25, -0.2) is 8.42 Å². The van der Waals surface area contributed by atoms with Crippen LogP contribution in [0.4, 0.5) is 11.4 Å². The molecule has 0 aliphatic heterocycles. The van der Waals surface area contributed by atoms with Gasteiger partial charge in [0.05, 0.1) is 17.7 Å². The summed E-state index contributed by atoms with van der Waals surface area (Å²) in [6.45, 7) is 3.55. The second kappa shape index (κ2) is 9.53. The van der Waals surface area contributed by atoms with Gasteiger partial charge in [-0.2, -0.15) is 0 Å². The molecule has 1 atom stereocenters. The molecular weight excluding hydrogens is 416 g/mol. The van der Waals surface area contributed by atoms with Crippen molar-refractivity contribution in [2.45, 2.75) is 24.8 Å². The molecule has 0 aliphatic rings. The maximum atomic E-state index is 12.6. The molecule has 31 heavy (non-hydrogen) atoms. The second-order valence-corrected chi connectivity index (χ2v) is 8.56. The second-order valence-electron chi connectivity index (χ2n) is 6.88. The Kier molecular flexibility index (Phi) is 6.81. The Labute approximate surface area is 182 Å². The van der Waals surface area contributed by atoms with E-state index >= 15 is 0 Å². The topological polar surface area (TPSA) is 93.7 Å². The monoisotopic (exact) mass is 440 g/mol. The third-order valence-electron chi connectivity index (χ3n) is 4.52. The summed E-state index contributed by atoms with van der Waals surface area (Å²) in [6, 6.07) is 20.0. The van der Waals surface area contributed by atoms with Gasteiger partial charge in [-0.05, 0) is 61.9 Å². The maximum Gasteiger partial charge on any atom is 0.265 e. The number of nitrogens with one attached hydrogen (secondary N) is 2. The number of carbonyl (C=O) groups is 1. The fourth-order valence-corrected chi connectivity index (χ4v) is 3.84. The van der Waals surface area contributed by atoms with Crippen molar-refractivity contribution in [1.82, 2.24) is 0 Å². The van der Waals surface area contributed by atoms with E-state index in [1.165, 1.54) is 31.4 Å². The van der Waals surface area contributed by atoms with Crippen LogP contribution in [-0.4, -0.2) is 27.5 Å².